The lowest BCUT2D eigenvalue weighted by Crippen LogP contribution is -2.69. The van der Waals surface area contributed by atoms with Gasteiger partial charge in [0.15, 0.2) is 5.96 Å². The number of nitrogens with zero attached hydrogens (tertiary/aromatic N) is 1. The Hall–Kier alpha value is -0.120. The van der Waals surface area contributed by atoms with Crippen LogP contribution in [0.2, 0.25) is 0 Å². The Bertz CT molecular complexity index is 439. The molecule has 1 saturated carbocycles. The van der Waals surface area contributed by atoms with Gasteiger partial charge in [0.1, 0.15) is 0 Å². The molecular weight excluding hydrogens is 421 g/mol. The van der Waals surface area contributed by atoms with Gasteiger partial charge in [-0.05, 0) is 20.3 Å². The summed E-state index contributed by atoms with van der Waals surface area (Å²) in [7, 11) is 1.78. The number of rotatable bonds is 5. The van der Waals surface area contributed by atoms with Gasteiger partial charge < -0.3 is 25.2 Å². The molecule has 24 heavy (non-hydrogen) atoms. The Kier molecular flexibility index (Phi) is 7.77. The van der Waals surface area contributed by atoms with Crippen molar-refractivity contribution in [2.45, 2.75) is 64.2 Å². The molecule has 0 aromatic rings. The summed E-state index contributed by atoms with van der Waals surface area (Å²) in [6.45, 7) is 11.0. The fourth-order valence-corrected chi connectivity index (χ4v) is 3.34. The van der Waals surface area contributed by atoms with Gasteiger partial charge >= 0.3 is 0 Å². The molecule has 1 saturated heterocycles. The number of methoxy groups -OCH3 is 1. The molecule has 6 nitrogen and oxygen atoms in total. The van der Waals surface area contributed by atoms with E-state index in [0.717, 1.165) is 18.9 Å². The average Bonchev–Trinajstić information content (AvgIpc) is 2.52. The van der Waals surface area contributed by atoms with E-state index in [-0.39, 0.29) is 35.0 Å². The van der Waals surface area contributed by atoms with Gasteiger partial charge in [-0.3, -0.25) is 4.99 Å². The van der Waals surface area contributed by atoms with E-state index < -0.39 is 5.60 Å². The third-order valence-corrected chi connectivity index (χ3v) is 5.89. The smallest absolute Gasteiger partial charge is 0.191 e. The largest absolute Gasteiger partial charge is 0.388 e. The Morgan fingerprint density at radius 1 is 1.29 bits per heavy atom. The minimum atomic E-state index is -0.739. The van der Waals surface area contributed by atoms with Gasteiger partial charge in [0.2, 0.25) is 0 Å². The zero-order chi connectivity index (χ0) is 17.1. The number of guanidine groups is 1. The van der Waals surface area contributed by atoms with Gasteiger partial charge in [-0.2, -0.15) is 0 Å². The van der Waals surface area contributed by atoms with E-state index in [1.165, 1.54) is 0 Å². The molecule has 2 fully saturated rings. The van der Waals surface area contributed by atoms with Crippen molar-refractivity contribution in [3.63, 3.8) is 0 Å². The Labute approximate surface area is 163 Å². The fourth-order valence-electron chi connectivity index (χ4n) is 3.34. The summed E-state index contributed by atoms with van der Waals surface area (Å²) in [5.74, 6) is 0.767. The Balaban J connectivity index is 0.00000288. The number of aliphatic imine (C=N–C) groups is 1. The minimum absolute atomic E-state index is 0. The molecule has 142 valence electrons. The highest BCUT2D eigenvalue weighted by Gasteiger charge is 2.58. The maximum absolute atomic E-state index is 10.6. The molecule has 1 aliphatic heterocycles. The summed E-state index contributed by atoms with van der Waals surface area (Å²) in [6.07, 6.45) is 2.23. The number of hydrogen-bond donors (Lipinski definition) is 3. The molecule has 0 amide bonds. The van der Waals surface area contributed by atoms with Crippen LogP contribution in [0.25, 0.3) is 0 Å². The predicted octanol–water partition coefficient (Wildman–Crippen LogP) is 1.90. The average molecular weight is 455 g/mol. The standard InChI is InChI=1S/C17H33N3O3.HI/c1-6-18-14(19-12-17(21)7-9-23-10-8-17)20-13-11-16(4,22-5)15(13,2)3;/h13,21H,6-12H2,1-5H3,(H2,18,19,20);1H. The second-order valence-electron chi connectivity index (χ2n) is 7.59. The van der Waals surface area contributed by atoms with Crippen LogP contribution in [0.3, 0.4) is 0 Å². The van der Waals surface area contributed by atoms with Crippen LogP contribution >= 0.6 is 24.0 Å². The lowest BCUT2D eigenvalue weighted by molar-refractivity contribution is -0.176. The first kappa shape index (κ1) is 21.9. The van der Waals surface area contributed by atoms with Gasteiger partial charge in [-0.1, -0.05) is 13.8 Å². The van der Waals surface area contributed by atoms with E-state index in [2.05, 4.69) is 36.4 Å². The van der Waals surface area contributed by atoms with E-state index in [4.69, 9.17) is 9.47 Å². The fraction of sp³-hybridized carbons (Fsp3) is 0.941. The molecular formula is C17H34IN3O3. The first-order chi connectivity index (χ1) is 10.8. The zero-order valence-corrected chi connectivity index (χ0v) is 18.0. The monoisotopic (exact) mass is 455 g/mol. The highest BCUT2D eigenvalue weighted by molar-refractivity contribution is 14.0. The van der Waals surface area contributed by atoms with Crippen molar-refractivity contribution in [1.29, 1.82) is 0 Å². The van der Waals surface area contributed by atoms with E-state index >= 15 is 0 Å². The summed E-state index contributed by atoms with van der Waals surface area (Å²) in [5, 5.41) is 17.3. The second kappa shape index (κ2) is 8.51. The highest BCUT2D eigenvalue weighted by atomic mass is 127. The van der Waals surface area contributed by atoms with Gasteiger partial charge in [0, 0.05) is 51.2 Å². The van der Waals surface area contributed by atoms with Crippen molar-refractivity contribution in [1.82, 2.24) is 10.6 Å². The third-order valence-electron chi connectivity index (χ3n) is 5.89. The summed E-state index contributed by atoms with van der Waals surface area (Å²) < 4.78 is 11.0. The number of nitrogens with one attached hydrogen (secondary N) is 2. The van der Waals surface area contributed by atoms with Crippen LogP contribution in [-0.4, -0.2) is 61.7 Å². The number of ether oxygens (including phenoxy) is 2. The molecule has 2 aliphatic rings. The van der Waals surface area contributed by atoms with Crippen molar-refractivity contribution in [2.24, 2.45) is 10.4 Å². The van der Waals surface area contributed by atoms with Crippen molar-refractivity contribution in [3.05, 3.63) is 0 Å². The molecule has 1 heterocycles. The summed E-state index contributed by atoms with van der Waals surface area (Å²) >= 11 is 0. The minimum Gasteiger partial charge on any atom is -0.388 e. The molecule has 3 N–H and O–H groups in total. The Morgan fingerprint density at radius 3 is 2.42 bits per heavy atom. The second-order valence-corrected chi connectivity index (χ2v) is 7.59. The number of halogens is 1. The third kappa shape index (κ3) is 4.53. The summed E-state index contributed by atoms with van der Waals surface area (Å²) in [4.78, 5) is 4.62. The van der Waals surface area contributed by atoms with Crippen molar-refractivity contribution in [3.8, 4) is 0 Å². The van der Waals surface area contributed by atoms with Gasteiger partial charge in [0.25, 0.3) is 0 Å². The first-order valence-electron chi connectivity index (χ1n) is 8.66. The Morgan fingerprint density at radius 2 is 1.92 bits per heavy atom. The molecule has 2 unspecified atom stereocenters. The SMILES string of the molecule is CCNC(=NCC1(O)CCOCC1)NC1CC(C)(OC)C1(C)C.I. The summed E-state index contributed by atoms with van der Waals surface area (Å²) in [6, 6.07) is 0.301. The van der Waals surface area contributed by atoms with E-state index in [1.54, 1.807) is 7.11 Å². The van der Waals surface area contributed by atoms with Crippen molar-refractivity contribution < 1.29 is 14.6 Å². The topological polar surface area (TPSA) is 75.1 Å². The van der Waals surface area contributed by atoms with Crippen LogP contribution in [0.4, 0.5) is 0 Å². The van der Waals surface area contributed by atoms with Crippen LogP contribution < -0.4 is 10.6 Å². The van der Waals surface area contributed by atoms with E-state index in [0.29, 0.717) is 38.6 Å². The van der Waals surface area contributed by atoms with Gasteiger partial charge in [-0.25, -0.2) is 0 Å². The molecule has 0 radical (unpaired) electrons. The lowest BCUT2D eigenvalue weighted by atomic mass is 9.56. The van der Waals surface area contributed by atoms with Crippen LogP contribution in [0.15, 0.2) is 4.99 Å². The number of hydrogen-bond acceptors (Lipinski definition) is 4. The van der Waals surface area contributed by atoms with Crippen LogP contribution in [-0.2, 0) is 9.47 Å². The molecule has 0 aromatic heterocycles. The molecule has 2 atom stereocenters. The molecule has 1 aliphatic carbocycles. The highest BCUT2D eigenvalue weighted by Crippen LogP contribution is 2.51. The van der Waals surface area contributed by atoms with Crippen molar-refractivity contribution in [2.75, 3.05) is 33.4 Å². The molecule has 7 heteroatoms. The first-order valence-corrected chi connectivity index (χ1v) is 8.66. The molecule has 2 rings (SSSR count). The maximum Gasteiger partial charge on any atom is 0.191 e. The van der Waals surface area contributed by atoms with Gasteiger partial charge in [0.05, 0.1) is 17.7 Å². The van der Waals surface area contributed by atoms with E-state index in [1.807, 2.05) is 6.92 Å². The molecule has 0 aromatic carbocycles. The summed E-state index contributed by atoms with van der Waals surface area (Å²) in [5.41, 5.74) is -0.828. The zero-order valence-electron chi connectivity index (χ0n) is 15.6. The van der Waals surface area contributed by atoms with Crippen molar-refractivity contribution >= 4 is 29.9 Å². The quantitative estimate of drug-likeness (QED) is 0.336. The van der Waals surface area contributed by atoms with Crippen LogP contribution in [0.5, 0.6) is 0 Å². The molecule has 0 bridgehead atoms. The predicted molar refractivity (Wildman–Crippen MR) is 107 cm³/mol. The lowest BCUT2D eigenvalue weighted by Gasteiger charge is -2.59. The van der Waals surface area contributed by atoms with Gasteiger partial charge in [-0.15, -0.1) is 24.0 Å². The molecule has 0 spiro atoms. The maximum atomic E-state index is 10.6. The van der Waals surface area contributed by atoms with E-state index in [9.17, 15) is 5.11 Å². The van der Waals surface area contributed by atoms with Crippen LogP contribution in [0.1, 0.15) is 47.0 Å². The normalized spacial score (nSPS) is 31.6. The number of aliphatic hydroxyl groups is 1. The van der Waals surface area contributed by atoms with Crippen LogP contribution in [0, 0.1) is 5.41 Å².